The Hall–Kier alpha value is -2.27. The third kappa shape index (κ3) is 3.86. The molecule has 1 aromatic heterocycles. The predicted octanol–water partition coefficient (Wildman–Crippen LogP) is 2.49. The standard InChI is InChI=1S/C15H17NO4/c1-16(10-12-6-8-19-11-12)7-9-20-14-5-3-2-4-13(14)15(17)18/h2-6,8,11H,7,9-10H2,1H3,(H,17,18). The minimum Gasteiger partial charge on any atom is -0.491 e. The van der Waals surface area contributed by atoms with Crippen LogP contribution in [0, 0.1) is 0 Å². The first-order chi connectivity index (χ1) is 9.66. The lowest BCUT2D eigenvalue weighted by Crippen LogP contribution is -2.24. The van der Waals surface area contributed by atoms with Crippen LogP contribution in [-0.2, 0) is 6.54 Å². The van der Waals surface area contributed by atoms with Crippen LogP contribution in [0.5, 0.6) is 5.75 Å². The maximum absolute atomic E-state index is 11.0. The first kappa shape index (κ1) is 14.1. The molecule has 0 amide bonds. The predicted molar refractivity (Wildman–Crippen MR) is 73.9 cm³/mol. The molecule has 0 radical (unpaired) electrons. The summed E-state index contributed by atoms with van der Waals surface area (Å²) in [5, 5.41) is 9.04. The van der Waals surface area contributed by atoms with E-state index in [1.165, 1.54) is 6.07 Å². The van der Waals surface area contributed by atoms with Crippen LogP contribution in [0.15, 0.2) is 47.3 Å². The summed E-state index contributed by atoms with van der Waals surface area (Å²) < 4.78 is 10.6. The van der Waals surface area contributed by atoms with Gasteiger partial charge in [0.05, 0.1) is 12.5 Å². The first-order valence-electron chi connectivity index (χ1n) is 6.31. The van der Waals surface area contributed by atoms with Gasteiger partial charge in [0.2, 0.25) is 0 Å². The van der Waals surface area contributed by atoms with Crippen molar-refractivity contribution < 1.29 is 19.1 Å². The molecule has 0 saturated heterocycles. The van der Waals surface area contributed by atoms with E-state index in [0.717, 1.165) is 12.1 Å². The van der Waals surface area contributed by atoms with Gasteiger partial charge in [0.15, 0.2) is 0 Å². The van der Waals surface area contributed by atoms with E-state index in [1.807, 2.05) is 13.1 Å². The highest BCUT2D eigenvalue weighted by molar-refractivity contribution is 5.90. The molecule has 0 fully saturated rings. The van der Waals surface area contributed by atoms with Gasteiger partial charge in [-0.2, -0.15) is 0 Å². The molecule has 20 heavy (non-hydrogen) atoms. The maximum atomic E-state index is 11.0. The lowest BCUT2D eigenvalue weighted by atomic mass is 10.2. The minimum absolute atomic E-state index is 0.185. The van der Waals surface area contributed by atoms with E-state index in [9.17, 15) is 4.79 Å². The highest BCUT2D eigenvalue weighted by Gasteiger charge is 2.10. The van der Waals surface area contributed by atoms with Crippen LogP contribution in [0.3, 0.4) is 0 Å². The zero-order valence-electron chi connectivity index (χ0n) is 11.3. The molecule has 0 aliphatic carbocycles. The number of ether oxygens (including phenoxy) is 1. The number of para-hydroxylation sites is 1. The van der Waals surface area contributed by atoms with Crippen LogP contribution < -0.4 is 4.74 Å². The maximum Gasteiger partial charge on any atom is 0.339 e. The molecule has 1 heterocycles. The van der Waals surface area contributed by atoms with Crippen LogP contribution in [-0.4, -0.2) is 36.2 Å². The Kier molecular flexibility index (Phi) is 4.79. The van der Waals surface area contributed by atoms with Crippen molar-refractivity contribution in [1.82, 2.24) is 4.90 Å². The SMILES string of the molecule is CN(CCOc1ccccc1C(=O)O)Cc1ccoc1. The molecular formula is C15H17NO4. The average Bonchev–Trinajstić information content (AvgIpc) is 2.92. The number of hydrogen-bond donors (Lipinski definition) is 1. The van der Waals surface area contributed by atoms with Crippen molar-refractivity contribution in [3.05, 3.63) is 54.0 Å². The molecule has 0 bridgehead atoms. The van der Waals surface area contributed by atoms with Crippen molar-refractivity contribution in [2.75, 3.05) is 20.2 Å². The number of benzene rings is 1. The number of nitrogens with zero attached hydrogens (tertiary/aromatic N) is 1. The smallest absolute Gasteiger partial charge is 0.339 e. The molecule has 0 aliphatic heterocycles. The summed E-state index contributed by atoms with van der Waals surface area (Å²) >= 11 is 0. The lowest BCUT2D eigenvalue weighted by molar-refractivity contribution is 0.0691. The van der Waals surface area contributed by atoms with Crippen LogP contribution in [0.2, 0.25) is 0 Å². The van der Waals surface area contributed by atoms with Crippen molar-refractivity contribution in [2.24, 2.45) is 0 Å². The van der Waals surface area contributed by atoms with Gasteiger partial charge >= 0.3 is 5.97 Å². The van der Waals surface area contributed by atoms with E-state index in [-0.39, 0.29) is 5.56 Å². The molecule has 5 nitrogen and oxygen atoms in total. The molecule has 2 aromatic rings. The topological polar surface area (TPSA) is 62.9 Å². The van der Waals surface area contributed by atoms with Crippen LogP contribution in [0.4, 0.5) is 0 Å². The number of hydrogen-bond acceptors (Lipinski definition) is 4. The van der Waals surface area contributed by atoms with Crippen LogP contribution in [0.25, 0.3) is 0 Å². The highest BCUT2D eigenvalue weighted by atomic mass is 16.5. The fourth-order valence-electron chi connectivity index (χ4n) is 1.85. The largest absolute Gasteiger partial charge is 0.491 e. The van der Waals surface area contributed by atoms with Crippen LogP contribution >= 0.6 is 0 Å². The fourth-order valence-corrected chi connectivity index (χ4v) is 1.85. The summed E-state index contributed by atoms with van der Waals surface area (Å²) in [7, 11) is 1.97. The number of rotatable bonds is 7. The zero-order valence-corrected chi connectivity index (χ0v) is 11.3. The second-order valence-electron chi connectivity index (χ2n) is 4.52. The molecule has 1 N–H and O–H groups in total. The summed E-state index contributed by atoms with van der Waals surface area (Å²) in [6, 6.07) is 8.56. The van der Waals surface area contributed by atoms with Crippen molar-refractivity contribution in [3.63, 3.8) is 0 Å². The van der Waals surface area contributed by atoms with E-state index in [2.05, 4.69) is 4.90 Å². The zero-order chi connectivity index (χ0) is 14.4. The normalized spacial score (nSPS) is 10.7. The monoisotopic (exact) mass is 275 g/mol. The highest BCUT2D eigenvalue weighted by Crippen LogP contribution is 2.17. The Balaban J connectivity index is 1.82. The van der Waals surface area contributed by atoms with Crippen molar-refractivity contribution >= 4 is 5.97 Å². The van der Waals surface area contributed by atoms with E-state index in [4.69, 9.17) is 14.3 Å². The van der Waals surface area contributed by atoms with Gasteiger partial charge in [-0.05, 0) is 25.2 Å². The second kappa shape index (κ2) is 6.77. The summed E-state index contributed by atoms with van der Waals surface area (Å²) in [5.41, 5.74) is 1.28. The summed E-state index contributed by atoms with van der Waals surface area (Å²) in [6.45, 7) is 1.89. The number of furan rings is 1. The molecular weight excluding hydrogens is 258 g/mol. The third-order valence-electron chi connectivity index (χ3n) is 2.88. The van der Waals surface area contributed by atoms with Gasteiger partial charge in [0.1, 0.15) is 17.9 Å². The molecule has 2 rings (SSSR count). The average molecular weight is 275 g/mol. The van der Waals surface area contributed by atoms with Gasteiger partial charge in [-0.3, -0.25) is 4.90 Å². The number of carboxylic acids is 1. The quantitative estimate of drug-likeness (QED) is 0.841. The Morgan fingerprint density at radius 3 is 2.85 bits per heavy atom. The van der Waals surface area contributed by atoms with Gasteiger partial charge < -0.3 is 14.3 Å². The van der Waals surface area contributed by atoms with Gasteiger partial charge in [-0.15, -0.1) is 0 Å². The molecule has 0 saturated carbocycles. The number of likely N-dealkylation sites (N-methyl/N-ethyl adjacent to an activating group) is 1. The Bertz CT molecular complexity index is 551. The molecule has 0 spiro atoms. The molecule has 0 unspecified atom stereocenters. The van der Waals surface area contributed by atoms with Crippen LogP contribution in [0.1, 0.15) is 15.9 Å². The minimum atomic E-state index is -0.979. The Morgan fingerprint density at radius 1 is 1.35 bits per heavy atom. The molecule has 0 aliphatic rings. The van der Waals surface area contributed by atoms with Gasteiger partial charge in [0.25, 0.3) is 0 Å². The molecule has 5 heteroatoms. The molecule has 106 valence electrons. The summed E-state index contributed by atoms with van der Waals surface area (Å²) in [5.74, 6) is -0.580. The van der Waals surface area contributed by atoms with E-state index < -0.39 is 5.97 Å². The fraction of sp³-hybridized carbons (Fsp3) is 0.267. The van der Waals surface area contributed by atoms with E-state index in [0.29, 0.717) is 18.9 Å². The number of carbonyl (C=O) groups is 1. The Morgan fingerprint density at radius 2 is 2.15 bits per heavy atom. The van der Waals surface area contributed by atoms with Crippen molar-refractivity contribution in [2.45, 2.75) is 6.54 Å². The second-order valence-corrected chi connectivity index (χ2v) is 4.52. The van der Waals surface area contributed by atoms with Crippen molar-refractivity contribution in [3.8, 4) is 5.75 Å². The third-order valence-corrected chi connectivity index (χ3v) is 2.88. The van der Waals surface area contributed by atoms with E-state index >= 15 is 0 Å². The number of carboxylic acid groups (broad SMARTS) is 1. The van der Waals surface area contributed by atoms with Gasteiger partial charge in [-0.1, -0.05) is 12.1 Å². The van der Waals surface area contributed by atoms with Crippen molar-refractivity contribution in [1.29, 1.82) is 0 Å². The van der Waals surface area contributed by atoms with Gasteiger partial charge in [0, 0.05) is 18.7 Å². The first-order valence-corrected chi connectivity index (χ1v) is 6.31. The molecule has 1 aromatic carbocycles. The lowest BCUT2D eigenvalue weighted by Gasteiger charge is -2.16. The summed E-state index contributed by atoms with van der Waals surface area (Å²) in [4.78, 5) is 13.1. The number of aromatic carboxylic acids is 1. The molecule has 0 atom stereocenters. The van der Waals surface area contributed by atoms with E-state index in [1.54, 1.807) is 30.7 Å². The van der Waals surface area contributed by atoms with Gasteiger partial charge in [-0.25, -0.2) is 4.79 Å². The Labute approximate surface area is 117 Å². The summed E-state index contributed by atoms with van der Waals surface area (Å²) in [6.07, 6.45) is 3.35.